The minimum absolute atomic E-state index is 0.0300. The quantitative estimate of drug-likeness (QED) is 0.493. The summed E-state index contributed by atoms with van der Waals surface area (Å²) in [6.45, 7) is 1.21. The number of likely N-dealkylation sites (tertiary alicyclic amines) is 1. The summed E-state index contributed by atoms with van der Waals surface area (Å²) in [4.78, 5) is 36.8. The van der Waals surface area contributed by atoms with Crippen LogP contribution in [-0.2, 0) is 16.1 Å². The lowest BCUT2D eigenvalue weighted by atomic mass is 10.2. The zero-order valence-electron chi connectivity index (χ0n) is 17.5. The number of alkyl halides is 3. The number of hydrogen-bond acceptors (Lipinski definition) is 6. The lowest BCUT2D eigenvalue weighted by molar-refractivity contribution is -0.192. The van der Waals surface area contributed by atoms with Gasteiger partial charge >= 0.3 is 12.1 Å². The van der Waals surface area contributed by atoms with E-state index in [0.29, 0.717) is 17.3 Å². The smallest absolute Gasteiger partial charge is 0.475 e. The third-order valence-electron chi connectivity index (χ3n) is 5.26. The molecule has 2 aromatic heterocycles. The first kappa shape index (κ1) is 24.7. The number of aromatic amines is 1. The normalized spacial score (nSPS) is 17.9. The highest BCUT2D eigenvalue weighted by Crippen LogP contribution is 2.39. The second kappa shape index (κ2) is 10.3. The monoisotopic (exact) mass is 487 g/mol. The Bertz CT molecular complexity index is 1000. The van der Waals surface area contributed by atoms with Gasteiger partial charge < -0.3 is 21.1 Å². The molecule has 2 fully saturated rings. The summed E-state index contributed by atoms with van der Waals surface area (Å²) in [6, 6.07) is 5.87. The van der Waals surface area contributed by atoms with E-state index >= 15 is 0 Å². The zero-order chi connectivity index (χ0) is 24.2. The standard InChI is InChI=1S/C18H23N5O2S.C2HF3O2/c19-9-17(24)23-7-1-2-14(23)15-5-6-16(26-15)18(25)20-10-12-8-13(22-21-12)11-3-4-11;3-2(4,5)1(6)7/h5-6,8,11,14H,1-4,7,9-10,19H2,(H,20,25)(H,21,22);(H,6,7). The summed E-state index contributed by atoms with van der Waals surface area (Å²) in [7, 11) is 0. The fraction of sp³-hybridized carbons (Fsp3) is 0.500. The molecule has 2 aliphatic rings. The molecule has 1 saturated heterocycles. The number of amides is 2. The number of halogens is 3. The number of nitrogens with one attached hydrogen (secondary N) is 2. The Morgan fingerprint density at radius 1 is 1.27 bits per heavy atom. The third kappa shape index (κ3) is 6.54. The first-order chi connectivity index (χ1) is 15.6. The molecule has 33 heavy (non-hydrogen) atoms. The predicted molar refractivity (Wildman–Crippen MR) is 112 cm³/mol. The SMILES string of the molecule is NCC(=O)N1CCCC1c1ccc(C(=O)NCc2cc(C3CC3)n[nH]2)s1.O=C(O)C(F)(F)F. The molecule has 4 rings (SSSR count). The largest absolute Gasteiger partial charge is 0.490 e. The number of carboxylic acid groups (broad SMARTS) is 1. The molecule has 2 amide bonds. The minimum Gasteiger partial charge on any atom is -0.475 e. The van der Waals surface area contributed by atoms with Crippen LogP contribution >= 0.6 is 11.3 Å². The van der Waals surface area contributed by atoms with E-state index in [9.17, 15) is 22.8 Å². The van der Waals surface area contributed by atoms with E-state index in [4.69, 9.17) is 15.6 Å². The lowest BCUT2D eigenvalue weighted by Crippen LogP contribution is -2.35. The van der Waals surface area contributed by atoms with Gasteiger partial charge in [0.15, 0.2) is 0 Å². The average molecular weight is 488 g/mol. The van der Waals surface area contributed by atoms with Crippen molar-refractivity contribution in [2.75, 3.05) is 13.1 Å². The van der Waals surface area contributed by atoms with Crippen LogP contribution < -0.4 is 11.1 Å². The maximum Gasteiger partial charge on any atom is 0.490 e. The Kier molecular flexibility index (Phi) is 7.74. The van der Waals surface area contributed by atoms with Crippen LogP contribution in [0.3, 0.4) is 0 Å². The molecule has 0 bridgehead atoms. The van der Waals surface area contributed by atoms with Gasteiger partial charge in [-0.05, 0) is 43.9 Å². The van der Waals surface area contributed by atoms with Crippen molar-refractivity contribution in [1.82, 2.24) is 20.4 Å². The van der Waals surface area contributed by atoms with Crippen molar-refractivity contribution in [3.05, 3.63) is 39.3 Å². The summed E-state index contributed by atoms with van der Waals surface area (Å²) >= 11 is 1.45. The highest BCUT2D eigenvalue weighted by molar-refractivity contribution is 7.14. The van der Waals surface area contributed by atoms with E-state index in [-0.39, 0.29) is 24.4 Å². The van der Waals surface area contributed by atoms with E-state index < -0.39 is 12.1 Å². The summed E-state index contributed by atoms with van der Waals surface area (Å²) in [6.07, 6.45) is -0.774. The van der Waals surface area contributed by atoms with Gasteiger partial charge in [0.25, 0.3) is 5.91 Å². The highest BCUT2D eigenvalue weighted by atomic mass is 32.1. The molecule has 0 spiro atoms. The van der Waals surface area contributed by atoms with Crippen molar-refractivity contribution in [3.8, 4) is 0 Å². The molecule has 3 heterocycles. The predicted octanol–water partition coefficient (Wildman–Crippen LogP) is 2.53. The van der Waals surface area contributed by atoms with Crippen LogP contribution in [0.25, 0.3) is 0 Å². The molecule has 5 N–H and O–H groups in total. The number of nitrogens with zero attached hydrogens (tertiary/aromatic N) is 2. The average Bonchev–Trinajstić information content (AvgIpc) is 3.17. The number of carbonyl (C=O) groups is 3. The highest BCUT2D eigenvalue weighted by Gasteiger charge is 2.38. The van der Waals surface area contributed by atoms with Gasteiger partial charge in [-0.1, -0.05) is 0 Å². The Balaban J connectivity index is 0.000000383. The first-order valence-electron chi connectivity index (χ1n) is 10.3. The van der Waals surface area contributed by atoms with E-state index in [1.165, 1.54) is 24.2 Å². The third-order valence-corrected chi connectivity index (χ3v) is 6.44. The Morgan fingerprint density at radius 2 is 1.97 bits per heavy atom. The van der Waals surface area contributed by atoms with Crippen LogP contribution in [0.4, 0.5) is 13.2 Å². The van der Waals surface area contributed by atoms with Crippen molar-refractivity contribution >= 4 is 29.1 Å². The summed E-state index contributed by atoms with van der Waals surface area (Å²) in [5.41, 5.74) is 7.52. The summed E-state index contributed by atoms with van der Waals surface area (Å²) < 4.78 is 31.7. The molecule has 180 valence electrons. The van der Waals surface area contributed by atoms with Crippen molar-refractivity contribution in [2.24, 2.45) is 5.73 Å². The first-order valence-corrected chi connectivity index (χ1v) is 11.1. The van der Waals surface area contributed by atoms with Gasteiger partial charge in [0.05, 0.1) is 35.4 Å². The van der Waals surface area contributed by atoms with Gasteiger partial charge in [-0.3, -0.25) is 14.7 Å². The Morgan fingerprint density at radius 3 is 2.58 bits per heavy atom. The van der Waals surface area contributed by atoms with Crippen LogP contribution in [0.5, 0.6) is 0 Å². The molecule has 2 aromatic rings. The molecular weight excluding hydrogens is 463 g/mol. The van der Waals surface area contributed by atoms with Crippen molar-refractivity contribution in [3.63, 3.8) is 0 Å². The number of hydrogen-bond donors (Lipinski definition) is 4. The van der Waals surface area contributed by atoms with Gasteiger partial charge in [0, 0.05) is 17.3 Å². The molecule has 1 aliphatic carbocycles. The maximum absolute atomic E-state index is 12.4. The number of carboxylic acids is 1. The molecule has 1 saturated carbocycles. The molecule has 13 heteroatoms. The zero-order valence-corrected chi connectivity index (χ0v) is 18.3. The summed E-state index contributed by atoms with van der Waals surface area (Å²) in [5, 5.41) is 17.3. The molecule has 9 nitrogen and oxygen atoms in total. The van der Waals surface area contributed by atoms with Gasteiger partial charge in [-0.25, -0.2) is 4.79 Å². The molecule has 1 unspecified atom stereocenters. The van der Waals surface area contributed by atoms with Gasteiger partial charge in [-0.15, -0.1) is 11.3 Å². The van der Waals surface area contributed by atoms with Crippen molar-refractivity contribution in [2.45, 2.75) is 50.4 Å². The van der Waals surface area contributed by atoms with Gasteiger partial charge in [0.1, 0.15) is 0 Å². The fourth-order valence-electron chi connectivity index (χ4n) is 3.45. The van der Waals surface area contributed by atoms with Gasteiger partial charge in [-0.2, -0.15) is 18.3 Å². The van der Waals surface area contributed by atoms with Crippen molar-refractivity contribution in [1.29, 1.82) is 0 Å². The molecule has 0 aromatic carbocycles. The molecule has 1 atom stereocenters. The van der Waals surface area contributed by atoms with E-state index in [2.05, 4.69) is 15.5 Å². The lowest BCUT2D eigenvalue weighted by Gasteiger charge is -2.23. The number of aliphatic carboxylic acids is 1. The molecular formula is C20H24F3N5O4S. The number of carbonyl (C=O) groups excluding carboxylic acids is 2. The maximum atomic E-state index is 12.4. The Hall–Kier alpha value is -2.93. The fourth-order valence-corrected chi connectivity index (χ4v) is 4.53. The van der Waals surface area contributed by atoms with Crippen LogP contribution in [-0.4, -0.2) is 57.3 Å². The van der Waals surface area contributed by atoms with Crippen molar-refractivity contribution < 1.29 is 32.7 Å². The second-order valence-corrected chi connectivity index (χ2v) is 8.84. The second-order valence-electron chi connectivity index (χ2n) is 7.73. The van der Waals surface area contributed by atoms with E-state index in [0.717, 1.165) is 35.7 Å². The van der Waals surface area contributed by atoms with Gasteiger partial charge in [0.2, 0.25) is 5.91 Å². The van der Waals surface area contributed by atoms with Crippen LogP contribution in [0.1, 0.15) is 63.6 Å². The minimum atomic E-state index is -5.08. The number of aromatic nitrogens is 2. The number of rotatable bonds is 6. The Labute approximate surface area is 191 Å². The van der Waals surface area contributed by atoms with E-state index in [1.54, 1.807) is 0 Å². The molecule has 0 radical (unpaired) electrons. The van der Waals surface area contributed by atoms with Crippen LogP contribution in [0, 0.1) is 0 Å². The molecule has 1 aliphatic heterocycles. The number of nitrogens with two attached hydrogens (primary N) is 1. The van der Waals surface area contributed by atoms with E-state index in [1.807, 2.05) is 23.1 Å². The van der Waals surface area contributed by atoms with Crippen LogP contribution in [0.15, 0.2) is 18.2 Å². The number of thiophene rings is 1. The summed E-state index contributed by atoms with van der Waals surface area (Å²) in [5.74, 6) is -2.29. The topological polar surface area (TPSA) is 141 Å². The number of H-pyrrole nitrogens is 1. The van der Waals surface area contributed by atoms with Crippen LogP contribution in [0.2, 0.25) is 0 Å².